The van der Waals surface area contributed by atoms with Gasteiger partial charge in [0.2, 0.25) is 0 Å². The van der Waals surface area contributed by atoms with E-state index in [1.165, 1.54) is 10.1 Å². The average molecular weight is 210 g/mol. The minimum absolute atomic E-state index is 0.0673. The maximum absolute atomic E-state index is 12.3. The summed E-state index contributed by atoms with van der Waals surface area (Å²) >= 11 is 0. The van der Waals surface area contributed by atoms with Gasteiger partial charge in [-0.15, -0.1) is 20.5 Å². The molecule has 4 heterocycles. The fraction of sp³-hybridized carbons (Fsp3) is 1.00. The van der Waals surface area contributed by atoms with Gasteiger partial charge < -0.3 is 0 Å². The molecule has 0 N–H and O–H groups in total. The van der Waals surface area contributed by atoms with Crippen LogP contribution in [0.2, 0.25) is 0 Å². The molecule has 4 aliphatic heterocycles. The van der Waals surface area contributed by atoms with Gasteiger partial charge in [-0.3, -0.25) is 0 Å². The molecule has 0 aromatic carbocycles. The average Bonchev–Trinajstić information content (AvgIpc) is 2.17. The zero-order valence-corrected chi connectivity index (χ0v) is 9.56. The Bertz CT molecular complexity index is 311. The van der Waals surface area contributed by atoms with Crippen LogP contribution in [-0.2, 0) is 10.4 Å². The molecule has 4 saturated heterocycles. The Morgan fingerprint density at radius 2 is 1.80 bits per heavy atom. The fourth-order valence-corrected chi connectivity index (χ4v) is 4.18. The van der Waals surface area contributed by atoms with Gasteiger partial charge in [0, 0.05) is 12.1 Å². The normalized spacial score (nSPS) is 60.2. The second kappa shape index (κ2) is 2.56. The van der Waals surface area contributed by atoms with Crippen LogP contribution in [0.3, 0.4) is 0 Å². The zero-order valence-electron chi connectivity index (χ0n) is 9.56. The zero-order chi connectivity index (χ0) is 11.0. The molecule has 0 spiro atoms. The van der Waals surface area contributed by atoms with E-state index in [1.807, 2.05) is 13.8 Å². The van der Waals surface area contributed by atoms with E-state index in [-0.39, 0.29) is 29.1 Å². The van der Waals surface area contributed by atoms with Crippen molar-refractivity contribution < 1.29 is 10.4 Å². The minimum atomic E-state index is -0.304. The maximum Gasteiger partial charge on any atom is 0.0528 e. The Kier molecular flexibility index (Phi) is 1.71. The van der Waals surface area contributed by atoms with Crippen LogP contribution in [0.15, 0.2) is 0 Å². The van der Waals surface area contributed by atoms with Crippen molar-refractivity contribution >= 4 is 0 Å². The van der Waals surface area contributed by atoms with Crippen LogP contribution in [0.5, 0.6) is 0 Å². The van der Waals surface area contributed by atoms with Gasteiger partial charge in [-0.2, -0.15) is 0 Å². The highest BCUT2D eigenvalue weighted by Crippen LogP contribution is 2.56. The first-order valence-electron chi connectivity index (χ1n) is 5.81. The highest BCUT2D eigenvalue weighted by atomic mass is 16.5. The highest BCUT2D eigenvalue weighted by Gasteiger charge is 2.66. The van der Waals surface area contributed by atoms with Crippen molar-refractivity contribution in [2.24, 2.45) is 5.92 Å². The smallest absolute Gasteiger partial charge is 0.0528 e. The maximum atomic E-state index is 12.3. The van der Waals surface area contributed by atoms with Gasteiger partial charge in [0.1, 0.15) is 0 Å². The van der Waals surface area contributed by atoms with Crippen molar-refractivity contribution in [2.75, 3.05) is 0 Å². The predicted molar refractivity (Wildman–Crippen MR) is 52.5 cm³/mol. The molecule has 0 aromatic rings. The highest BCUT2D eigenvalue weighted by molar-refractivity contribution is 5.16. The number of rotatable bonds is 0. The first-order chi connectivity index (χ1) is 6.88. The van der Waals surface area contributed by atoms with Crippen molar-refractivity contribution in [3.8, 4) is 0 Å². The molecular formula is C11H18N2O2. The van der Waals surface area contributed by atoms with Gasteiger partial charge in [0.15, 0.2) is 0 Å². The van der Waals surface area contributed by atoms with Crippen molar-refractivity contribution in [3.63, 3.8) is 0 Å². The lowest BCUT2D eigenvalue weighted by atomic mass is 9.58. The van der Waals surface area contributed by atoms with Gasteiger partial charge in [-0.25, -0.2) is 0 Å². The quantitative estimate of drug-likeness (QED) is 0.606. The predicted octanol–water partition coefficient (Wildman–Crippen LogP) is 1.38. The molecule has 4 nitrogen and oxygen atoms in total. The molecule has 0 saturated carbocycles. The van der Waals surface area contributed by atoms with Crippen LogP contribution in [0.25, 0.3) is 0 Å². The lowest BCUT2D eigenvalue weighted by Gasteiger charge is -2.67. The molecule has 84 valence electrons. The molecule has 4 rings (SSSR count). The first-order valence-corrected chi connectivity index (χ1v) is 5.81. The van der Waals surface area contributed by atoms with Crippen LogP contribution in [0.4, 0.5) is 0 Å². The van der Waals surface area contributed by atoms with Crippen molar-refractivity contribution in [1.29, 1.82) is 0 Å². The molecule has 15 heavy (non-hydrogen) atoms. The Morgan fingerprint density at radius 3 is 2.47 bits per heavy atom. The van der Waals surface area contributed by atoms with Crippen molar-refractivity contribution in [1.82, 2.24) is 10.1 Å². The summed E-state index contributed by atoms with van der Waals surface area (Å²) in [6.45, 7) is 6.12. The van der Waals surface area contributed by atoms with E-state index in [1.54, 1.807) is 0 Å². The fourth-order valence-electron chi connectivity index (χ4n) is 4.18. The van der Waals surface area contributed by atoms with Gasteiger partial charge >= 0.3 is 0 Å². The molecule has 2 radical (unpaired) electrons. The summed E-state index contributed by atoms with van der Waals surface area (Å²) in [6.07, 6.45) is 2.24. The number of hydrogen-bond donors (Lipinski definition) is 0. The molecule has 0 aromatic heterocycles. The lowest BCUT2D eigenvalue weighted by molar-refractivity contribution is -0.403. The van der Waals surface area contributed by atoms with E-state index in [0.29, 0.717) is 0 Å². The molecule has 4 bridgehead atoms. The van der Waals surface area contributed by atoms with Crippen LogP contribution < -0.4 is 0 Å². The molecule has 4 fully saturated rings. The van der Waals surface area contributed by atoms with Crippen molar-refractivity contribution in [2.45, 2.75) is 63.2 Å². The minimum Gasteiger partial charge on any atom is -0.148 e. The van der Waals surface area contributed by atoms with E-state index in [4.69, 9.17) is 0 Å². The van der Waals surface area contributed by atoms with E-state index in [0.717, 1.165) is 19.3 Å². The molecule has 4 aliphatic rings. The molecule has 0 amide bonds. The summed E-state index contributed by atoms with van der Waals surface area (Å²) in [7, 11) is 0. The van der Waals surface area contributed by atoms with E-state index in [9.17, 15) is 10.4 Å². The van der Waals surface area contributed by atoms with Gasteiger partial charge in [0.25, 0.3) is 0 Å². The van der Waals surface area contributed by atoms with E-state index < -0.39 is 0 Å². The first kappa shape index (κ1) is 10.0. The van der Waals surface area contributed by atoms with Crippen molar-refractivity contribution in [3.05, 3.63) is 0 Å². The van der Waals surface area contributed by atoms with E-state index >= 15 is 0 Å². The summed E-state index contributed by atoms with van der Waals surface area (Å²) in [5.74, 6) is 0.192. The lowest BCUT2D eigenvalue weighted by Crippen LogP contribution is -2.78. The second-order valence-electron chi connectivity index (χ2n) is 6.13. The molecule has 5 atom stereocenters. The Labute approximate surface area is 90.4 Å². The number of hydroxylamine groups is 4. The molecular weight excluding hydrogens is 192 g/mol. The third-order valence-corrected chi connectivity index (χ3v) is 5.17. The topological polar surface area (TPSA) is 46.3 Å². The van der Waals surface area contributed by atoms with Crippen LogP contribution in [0.1, 0.15) is 40.0 Å². The second-order valence-corrected chi connectivity index (χ2v) is 6.13. The van der Waals surface area contributed by atoms with E-state index in [2.05, 4.69) is 6.92 Å². The molecule has 0 aliphatic carbocycles. The monoisotopic (exact) mass is 210 g/mol. The summed E-state index contributed by atoms with van der Waals surface area (Å²) in [4.78, 5) is 0. The van der Waals surface area contributed by atoms with Gasteiger partial charge in [0.05, 0.1) is 11.1 Å². The Morgan fingerprint density at radius 1 is 1.13 bits per heavy atom. The standard InChI is InChI=1S/C11H18N2O2/c1-7-9-6-10(2)4-8(12(9)14)5-11(7,3)13(10)15/h7-9H,4-6H2,1-3H3/t7?,8-,9+,10-,11+/m0/s1. The Balaban J connectivity index is 2.07. The molecule has 1 unspecified atom stereocenters. The third kappa shape index (κ3) is 0.965. The SMILES string of the molecule is CC1[C@H]2C[C@]3(C)C[C@@H](C[C@@]1(C)N3[O])N2[O]. The third-order valence-electron chi connectivity index (χ3n) is 5.17. The summed E-state index contributed by atoms with van der Waals surface area (Å²) in [5.41, 5.74) is -0.586. The Hall–Kier alpha value is -0.160. The number of nitrogens with zero attached hydrogens (tertiary/aromatic N) is 2. The van der Waals surface area contributed by atoms with Crippen LogP contribution in [-0.4, -0.2) is 33.3 Å². The van der Waals surface area contributed by atoms with Gasteiger partial charge in [-0.1, -0.05) is 6.92 Å². The van der Waals surface area contributed by atoms with Crippen LogP contribution in [0, 0.1) is 5.92 Å². The largest absolute Gasteiger partial charge is 0.148 e. The van der Waals surface area contributed by atoms with Gasteiger partial charge in [-0.05, 0) is 39.0 Å². The summed E-state index contributed by atoms with van der Waals surface area (Å²) in [5, 5.41) is 26.9. The summed E-state index contributed by atoms with van der Waals surface area (Å²) in [6, 6.07) is 0.151. The number of hydrogen-bond acceptors (Lipinski definition) is 2. The number of piperidine rings is 4. The van der Waals surface area contributed by atoms with Crippen LogP contribution >= 0.6 is 0 Å². The molecule has 4 heteroatoms. The summed E-state index contributed by atoms with van der Waals surface area (Å²) < 4.78 is 0.